The number of ether oxygens (including phenoxy) is 2. The monoisotopic (exact) mass is 536 g/mol. The zero-order valence-corrected chi connectivity index (χ0v) is 20.5. The summed E-state index contributed by atoms with van der Waals surface area (Å²) in [6.45, 7) is 0. The predicted octanol–water partition coefficient (Wildman–Crippen LogP) is 6.26. The molecule has 0 aliphatic carbocycles. The second kappa shape index (κ2) is 8.96. The molecule has 5 aromatic rings. The average Bonchev–Trinajstić information content (AvgIpc) is 3.27. The molecule has 1 aromatic heterocycles. The minimum atomic E-state index is -0.294. The molecule has 0 unspecified atom stereocenters. The van der Waals surface area contributed by atoms with Crippen molar-refractivity contribution in [3.8, 4) is 17.2 Å². The van der Waals surface area contributed by atoms with Gasteiger partial charge >= 0.3 is 0 Å². The van der Waals surface area contributed by atoms with Gasteiger partial charge in [-0.05, 0) is 69.2 Å². The first-order valence-corrected chi connectivity index (χ1v) is 11.4. The van der Waals surface area contributed by atoms with Crippen LogP contribution in [0.25, 0.3) is 27.5 Å². The Hall–Kier alpha value is -3.62. The molecule has 0 saturated carbocycles. The number of benzene rings is 4. The van der Waals surface area contributed by atoms with Crippen molar-refractivity contribution in [2.24, 2.45) is 0 Å². The van der Waals surface area contributed by atoms with E-state index in [1.165, 1.54) is 4.80 Å². The molecule has 5 rings (SSSR count). The second-order valence-electron chi connectivity index (χ2n) is 7.46. The van der Waals surface area contributed by atoms with Crippen molar-refractivity contribution >= 4 is 60.9 Å². The molecule has 0 bridgehead atoms. The summed E-state index contributed by atoms with van der Waals surface area (Å²) in [7, 11) is 3.10. The van der Waals surface area contributed by atoms with Crippen LogP contribution in [-0.2, 0) is 0 Å². The van der Waals surface area contributed by atoms with Gasteiger partial charge in [0.05, 0.1) is 35.0 Å². The molecule has 9 heteroatoms. The molecule has 0 radical (unpaired) electrons. The van der Waals surface area contributed by atoms with E-state index >= 15 is 0 Å². The third kappa shape index (κ3) is 3.95. The Morgan fingerprint density at radius 2 is 1.76 bits per heavy atom. The van der Waals surface area contributed by atoms with Gasteiger partial charge in [-0.15, -0.1) is 10.2 Å². The Kier molecular flexibility index (Phi) is 5.85. The Balaban J connectivity index is 1.47. The van der Waals surface area contributed by atoms with Crippen LogP contribution in [0.15, 0.2) is 71.2 Å². The lowest BCUT2D eigenvalue weighted by Crippen LogP contribution is -2.13. The number of rotatable bonds is 5. The molecule has 0 aliphatic rings. The Bertz CT molecular complexity index is 1570. The molecule has 4 aromatic carbocycles. The Morgan fingerprint density at radius 1 is 0.971 bits per heavy atom. The van der Waals surface area contributed by atoms with E-state index in [0.29, 0.717) is 44.5 Å². The van der Waals surface area contributed by atoms with Gasteiger partial charge in [0.1, 0.15) is 22.5 Å². The number of hydrogen-bond donors (Lipinski definition) is 1. The highest BCUT2D eigenvalue weighted by Crippen LogP contribution is 2.37. The summed E-state index contributed by atoms with van der Waals surface area (Å²) in [6, 6.07) is 20.2. The number of halogens is 2. The maximum atomic E-state index is 13.2. The van der Waals surface area contributed by atoms with Crippen LogP contribution in [0.3, 0.4) is 0 Å². The van der Waals surface area contributed by atoms with E-state index in [1.807, 2.05) is 36.4 Å². The van der Waals surface area contributed by atoms with Gasteiger partial charge in [0, 0.05) is 5.69 Å². The number of hydrogen-bond acceptors (Lipinski definition) is 5. The number of methoxy groups -OCH3 is 2. The van der Waals surface area contributed by atoms with Crippen LogP contribution in [0.4, 0.5) is 5.69 Å². The molecule has 0 fully saturated rings. The van der Waals surface area contributed by atoms with E-state index in [1.54, 1.807) is 44.6 Å². The number of carbonyl (C=O) groups is 1. The van der Waals surface area contributed by atoms with Crippen molar-refractivity contribution in [1.29, 1.82) is 0 Å². The number of nitrogens with one attached hydrogen (secondary N) is 1. The van der Waals surface area contributed by atoms with E-state index in [2.05, 4.69) is 31.4 Å². The van der Waals surface area contributed by atoms with Gasteiger partial charge in [-0.1, -0.05) is 35.9 Å². The van der Waals surface area contributed by atoms with Crippen LogP contribution in [0.1, 0.15) is 10.4 Å². The molecule has 1 amide bonds. The summed E-state index contributed by atoms with van der Waals surface area (Å²) in [4.78, 5) is 14.7. The first-order chi connectivity index (χ1) is 16.5. The highest BCUT2D eigenvalue weighted by atomic mass is 79.9. The van der Waals surface area contributed by atoms with Gasteiger partial charge in [0.2, 0.25) is 0 Å². The molecule has 0 spiro atoms. The molecule has 1 heterocycles. The maximum Gasteiger partial charge on any atom is 0.259 e. The second-order valence-corrected chi connectivity index (χ2v) is 8.66. The molecule has 170 valence electrons. The van der Waals surface area contributed by atoms with Crippen molar-refractivity contribution in [2.75, 3.05) is 19.5 Å². The standard InChI is InChI=1S/C25H18BrClN4O3/c1-33-22-10-8-16(13-19(22)27)31-29-20-9-7-15(12-21(20)30-31)28-25(32)18-11-14-5-3-4-6-17(14)23(26)24(18)34-2/h3-13H,1-2H3,(H,28,32). The van der Waals surface area contributed by atoms with E-state index in [9.17, 15) is 4.79 Å². The summed E-state index contributed by atoms with van der Waals surface area (Å²) in [5.74, 6) is 0.750. The summed E-state index contributed by atoms with van der Waals surface area (Å²) in [5, 5.41) is 14.3. The minimum absolute atomic E-state index is 0.294. The van der Waals surface area contributed by atoms with Gasteiger partial charge < -0.3 is 14.8 Å². The van der Waals surface area contributed by atoms with Crippen LogP contribution in [0, 0.1) is 0 Å². The highest BCUT2D eigenvalue weighted by molar-refractivity contribution is 9.10. The summed E-state index contributed by atoms with van der Waals surface area (Å²) >= 11 is 9.81. The number of amides is 1. The SMILES string of the molecule is COc1ccc(-n2nc3ccc(NC(=O)c4cc5ccccc5c(Br)c4OC)cc3n2)cc1Cl. The molecule has 34 heavy (non-hydrogen) atoms. The Morgan fingerprint density at radius 3 is 2.53 bits per heavy atom. The van der Waals surface area contributed by atoms with Gasteiger partial charge in [-0.2, -0.15) is 4.80 Å². The number of anilines is 1. The van der Waals surface area contributed by atoms with E-state index in [-0.39, 0.29) is 5.91 Å². The van der Waals surface area contributed by atoms with E-state index in [4.69, 9.17) is 21.1 Å². The van der Waals surface area contributed by atoms with Gasteiger partial charge in [0.25, 0.3) is 5.91 Å². The van der Waals surface area contributed by atoms with Crippen LogP contribution in [0.5, 0.6) is 11.5 Å². The topological polar surface area (TPSA) is 78.3 Å². The Labute approximate surface area is 208 Å². The zero-order valence-electron chi connectivity index (χ0n) is 18.2. The molecular formula is C25H18BrClN4O3. The van der Waals surface area contributed by atoms with Crippen LogP contribution >= 0.6 is 27.5 Å². The van der Waals surface area contributed by atoms with Crippen molar-refractivity contribution in [2.45, 2.75) is 0 Å². The summed E-state index contributed by atoms with van der Waals surface area (Å²) in [5.41, 5.74) is 3.00. The van der Waals surface area contributed by atoms with Crippen LogP contribution in [0.2, 0.25) is 5.02 Å². The summed E-state index contributed by atoms with van der Waals surface area (Å²) in [6.07, 6.45) is 0. The van der Waals surface area contributed by atoms with Gasteiger partial charge in [-0.3, -0.25) is 4.79 Å². The van der Waals surface area contributed by atoms with Crippen LogP contribution in [-0.4, -0.2) is 35.1 Å². The van der Waals surface area contributed by atoms with Crippen LogP contribution < -0.4 is 14.8 Å². The lowest BCUT2D eigenvalue weighted by molar-refractivity contribution is 0.102. The first-order valence-electron chi connectivity index (χ1n) is 10.3. The third-order valence-corrected chi connectivity index (χ3v) is 6.48. The maximum absolute atomic E-state index is 13.2. The van der Waals surface area contributed by atoms with Crippen molar-refractivity contribution in [3.05, 3.63) is 81.8 Å². The fourth-order valence-corrected chi connectivity index (χ4v) is 4.73. The fraction of sp³-hybridized carbons (Fsp3) is 0.0800. The molecular weight excluding hydrogens is 520 g/mol. The molecule has 0 atom stereocenters. The minimum Gasteiger partial charge on any atom is -0.495 e. The smallest absolute Gasteiger partial charge is 0.259 e. The van der Waals surface area contributed by atoms with E-state index < -0.39 is 0 Å². The zero-order chi connectivity index (χ0) is 23.8. The summed E-state index contributed by atoms with van der Waals surface area (Å²) < 4.78 is 11.5. The number of nitrogens with zero attached hydrogens (tertiary/aromatic N) is 3. The lowest BCUT2D eigenvalue weighted by atomic mass is 10.1. The van der Waals surface area contributed by atoms with E-state index in [0.717, 1.165) is 15.2 Å². The number of fused-ring (bicyclic) bond motifs is 2. The molecule has 1 N–H and O–H groups in total. The predicted molar refractivity (Wildman–Crippen MR) is 137 cm³/mol. The molecule has 7 nitrogen and oxygen atoms in total. The molecule has 0 saturated heterocycles. The third-order valence-electron chi connectivity index (χ3n) is 5.39. The van der Waals surface area contributed by atoms with Gasteiger partial charge in [0.15, 0.2) is 0 Å². The quantitative estimate of drug-likeness (QED) is 0.286. The van der Waals surface area contributed by atoms with Crippen molar-refractivity contribution < 1.29 is 14.3 Å². The number of carbonyl (C=O) groups excluding carboxylic acids is 1. The first kappa shape index (κ1) is 22.2. The highest BCUT2D eigenvalue weighted by Gasteiger charge is 2.19. The fourth-order valence-electron chi connectivity index (χ4n) is 3.74. The van der Waals surface area contributed by atoms with Crippen molar-refractivity contribution in [3.63, 3.8) is 0 Å². The molecule has 0 aliphatic heterocycles. The normalized spacial score (nSPS) is 11.1. The average molecular weight is 538 g/mol. The largest absolute Gasteiger partial charge is 0.495 e. The number of aromatic nitrogens is 3. The van der Waals surface area contributed by atoms with Crippen molar-refractivity contribution in [1.82, 2.24) is 15.0 Å². The lowest BCUT2D eigenvalue weighted by Gasteiger charge is -2.13. The van der Waals surface area contributed by atoms with Gasteiger partial charge in [-0.25, -0.2) is 0 Å².